The Balaban J connectivity index is 1.71. The fourth-order valence-corrected chi connectivity index (χ4v) is 2.69. The number of carbonyl (C=O) groups excluding carboxylic acids is 1. The normalized spacial score (nSPS) is 11.8. The number of benzene rings is 1. The summed E-state index contributed by atoms with van der Waals surface area (Å²) in [7, 11) is 0. The molecule has 0 aliphatic carbocycles. The number of fused-ring (bicyclic) bond motifs is 1. The van der Waals surface area contributed by atoms with Gasteiger partial charge in [0.25, 0.3) is 0 Å². The van der Waals surface area contributed by atoms with E-state index in [2.05, 4.69) is 27.3 Å². The minimum atomic E-state index is -0.0567. The van der Waals surface area contributed by atoms with Crippen molar-refractivity contribution in [3.8, 4) is 12.3 Å². The van der Waals surface area contributed by atoms with Crippen LogP contribution in [0.5, 0.6) is 0 Å². The van der Waals surface area contributed by atoms with Crippen LogP contribution in [0.4, 0.5) is 5.69 Å². The van der Waals surface area contributed by atoms with Crippen molar-refractivity contribution in [2.24, 2.45) is 0 Å². The van der Waals surface area contributed by atoms with Gasteiger partial charge in [0.1, 0.15) is 0 Å². The second-order valence-electron chi connectivity index (χ2n) is 5.55. The van der Waals surface area contributed by atoms with E-state index in [9.17, 15) is 4.79 Å². The van der Waals surface area contributed by atoms with E-state index in [4.69, 9.17) is 6.42 Å². The molecule has 2 aromatic heterocycles. The highest BCUT2D eigenvalue weighted by Crippen LogP contribution is 2.27. The summed E-state index contributed by atoms with van der Waals surface area (Å²) < 4.78 is 0. The van der Waals surface area contributed by atoms with Crippen molar-refractivity contribution in [3.05, 3.63) is 60.0 Å². The molecular weight excluding hydrogens is 286 g/mol. The van der Waals surface area contributed by atoms with E-state index < -0.39 is 0 Å². The number of hydrogen-bond donors (Lipinski definition) is 2. The number of para-hydroxylation sites is 1. The molecule has 0 bridgehead atoms. The van der Waals surface area contributed by atoms with E-state index in [-0.39, 0.29) is 11.8 Å². The molecule has 2 heterocycles. The maximum atomic E-state index is 12.3. The summed E-state index contributed by atoms with van der Waals surface area (Å²) in [6, 6.07) is 9.83. The van der Waals surface area contributed by atoms with Crippen LogP contribution in [0.1, 0.15) is 30.4 Å². The zero-order valence-corrected chi connectivity index (χ0v) is 12.8. The van der Waals surface area contributed by atoms with Gasteiger partial charge in [-0.2, -0.15) is 0 Å². The van der Waals surface area contributed by atoms with E-state index in [1.165, 1.54) is 0 Å². The number of aromatic nitrogens is 2. The summed E-state index contributed by atoms with van der Waals surface area (Å²) in [5.74, 6) is 2.56. The number of carbonyl (C=O) groups is 1. The van der Waals surface area contributed by atoms with E-state index >= 15 is 0 Å². The number of rotatable bonds is 4. The van der Waals surface area contributed by atoms with Gasteiger partial charge in [-0.05, 0) is 23.6 Å². The highest BCUT2D eigenvalue weighted by molar-refractivity contribution is 5.92. The van der Waals surface area contributed by atoms with Crippen molar-refractivity contribution >= 4 is 22.5 Å². The van der Waals surface area contributed by atoms with Crippen molar-refractivity contribution < 1.29 is 4.79 Å². The lowest BCUT2D eigenvalue weighted by Crippen LogP contribution is -2.14. The van der Waals surface area contributed by atoms with Crippen molar-refractivity contribution in [1.29, 1.82) is 0 Å². The first-order valence-electron chi connectivity index (χ1n) is 7.45. The van der Waals surface area contributed by atoms with E-state index in [0.717, 1.165) is 16.5 Å². The van der Waals surface area contributed by atoms with Gasteiger partial charge in [-0.3, -0.25) is 9.78 Å². The van der Waals surface area contributed by atoms with Crippen LogP contribution in [0.3, 0.4) is 0 Å². The lowest BCUT2D eigenvalue weighted by atomic mass is 9.97. The van der Waals surface area contributed by atoms with Gasteiger partial charge in [0.2, 0.25) is 5.91 Å². The smallest absolute Gasteiger partial charge is 0.225 e. The zero-order valence-electron chi connectivity index (χ0n) is 12.8. The molecule has 0 aliphatic heterocycles. The molecule has 1 amide bonds. The third-order valence-corrected chi connectivity index (χ3v) is 3.83. The number of amides is 1. The van der Waals surface area contributed by atoms with Crippen LogP contribution in [-0.4, -0.2) is 15.9 Å². The summed E-state index contributed by atoms with van der Waals surface area (Å²) in [5, 5.41) is 4.01. The van der Waals surface area contributed by atoms with Gasteiger partial charge < -0.3 is 10.3 Å². The Morgan fingerprint density at radius 3 is 3.04 bits per heavy atom. The van der Waals surface area contributed by atoms with Crippen LogP contribution in [0, 0.1) is 12.3 Å². The molecule has 3 rings (SSSR count). The predicted molar refractivity (Wildman–Crippen MR) is 92.1 cm³/mol. The van der Waals surface area contributed by atoms with Gasteiger partial charge >= 0.3 is 0 Å². The number of pyridine rings is 1. The number of hydrogen-bond acceptors (Lipinski definition) is 2. The van der Waals surface area contributed by atoms with E-state index in [0.29, 0.717) is 17.7 Å². The minimum absolute atomic E-state index is 0.0567. The molecule has 3 aromatic rings. The maximum Gasteiger partial charge on any atom is 0.225 e. The lowest BCUT2D eigenvalue weighted by Gasteiger charge is -2.11. The average Bonchev–Trinajstić information content (AvgIpc) is 2.99. The molecular formula is C19H17N3O. The van der Waals surface area contributed by atoms with Crippen molar-refractivity contribution in [1.82, 2.24) is 9.97 Å². The summed E-state index contributed by atoms with van der Waals surface area (Å²) >= 11 is 0. The number of aromatic amines is 1. The molecule has 1 atom stereocenters. The number of H-pyrrole nitrogens is 1. The molecule has 2 N–H and O–H groups in total. The maximum absolute atomic E-state index is 12.3. The SMILES string of the molecule is C#Cc1cncc(NC(=O)CC(C)c2c[nH]c3ccccc23)c1. The summed E-state index contributed by atoms with van der Waals surface area (Å²) in [6.45, 7) is 2.05. The molecule has 0 saturated carbocycles. The first-order valence-corrected chi connectivity index (χ1v) is 7.45. The highest BCUT2D eigenvalue weighted by atomic mass is 16.1. The topological polar surface area (TPSA) is 57.8 Å². The molecule has 1 unspecified atom stereocenters. The van der Waals surface area contributed by atoms with Gasteiger partial charge in [-0.1, -0.05) is 31.0 Å². The second kappa shape index (κ2) is 6.37. The van der Waals surface area contributed by atoms with E-state index in [1.54, 1.807) is 18.5 Å². The van der Waals surface area contributed by atoms with Crippen molar-refractivity contribution in [2.45, 2.75) is 19.3 Å². The average molecular weight is 303 g/mol. The summed E-state index contributed by atoms with van der Waals surface area (Å²) in [6.07, 6.45) is 10.9. The molecule has 0 fully saturated rings. The van der Waals surface area contributed by atoms with Crippen LogP contribution in [-0.2, 0) is 4.79 Å². The quantitative estimate of drug-likeness (QED) is 0.722. The Hall–Kier alpha value is -3.06. The Labute approximate surface area is 134 Å². The van der Waals surface area contributed by atoms with Gasteiger partial charge in [0.15, 0.2) is 0 Å². The highest BCUT2D eigenvalue weighted by Gasteiger charge is 2.15. The number of terminal acetylenes is 1. The number of nitrogens with one attached hydrogen (secondary N) is 2. The van der Waals surface area contributed by atoms with Crippen molar-refractivity contribution in [3.63, 3.8) is 0 Å². The second-order valence-corrected chi connectivity index (χ2v) is 5.55. The molecule has 114 valence electrons. The largest absolute Gasteiger partial charge is 0.361 e. The molecule has 0 saturated heterocycles. The zero-order chi connectivity index (χ0) is 16.2. The molecule has 0 radical (unpaired) electrons. The van der Waals surface area contributed by atoms with Gasteiger partial charge in [-0.15, -0.1) is 6.42 Å². The molecule has 1 aromatic carbocycles. The third kappa shape index (κ3) is 3.24. The van der Waals surface area contributed by atoms with Crippen LogP contribution in [0.15, 0.2) is 48.9 Å². The number of anilines is 1. The molecule has 0 spiro atoms. The summed E-state index contributed by atoms with van der Waals surface area (Å²) in [4.78, 5) is 19.5. The molecule has 0 aliphatic rings. The van der Waals surface area contributed by atoms with Gasteiger partial charge in [0.05, 0.1) is 11.9 Å². The van der Waals surface area contributed by atoms with Crippen LogP contribution in [0.25, 0.3) is 10.9 Å². The van der Waals surface area contributed by atoms with Crippen molar-refractivity contribution in [2.75, 3.05) is 5.32 Å². The fraction of sp³-hybridized carbons (Fsp3) is 0.158. The van der Waals surface area contributed by atoms with Crippen LogP contribution >= 0.6 is 0 Å². The first kappa shape index (κ1) is 14.9. The Kier molecular flexibility index (Phi) is 4.11. The fourth-order valence-electron chi connectivity index (χ4n) is 2.69. The Morgan fingerprint density at radius 1 is 1.39 bits per heavy atom. The molecule has 23 heavy (non-hydrogen) atoms. The van der Waals surface area contributed by atoms with Gasteiger partial charge in [0, 0.05) is 35.3 Å². The lowest BCUT2D eigenvalue weighted by molar-refractivity contribution is -0.116. The van der Waals surface area contributed by atoms with Crippen LogP contribution < -0.4 is 5.32 Å². The number of nitrogens with zero attached hydrogens (tertiary/aromatic N) is 1. The third-order valence-electron chi connectivity index (χ3n) is 3.83. The Morgan fingerprint density at radius 2 is 2.22 bits per heavy atom. The van der Waals surface area contributed by atoms with Gasteiger partial charge in [-0.25, -0.2) is 0 Å². The summed E-state index contributed by atoms with van der Waals surface area (Å²) in [5.41, 5.74) is 3.50. The Bertz CT molecular complexity index is 889. The standard InChI is InChI=1S/C19H17N3O/c1-3-14-9-15(11-20-10-14)22-19(23)8-13(2)17-12-21-18-7-5-4-6-16(17)18/h1,4-7,9-13,21H,8H2,2H3,(H,22,23). The van der Waals surface area contributed by atoms with Crippen LogP contribution in [0.2, 0.25) is 0 Å². The molecule has 4 nitrogen and oxygen atoms in total. The minimum Gasteiger partial charge on any atom is -0.361 e. The predicted octanol–water partition coefficient (Wildman–Crippen LogP) is 3.68. The first-order chi connectivity index (χ1) is 11.2. The molecule has 4 heteroatoms. The monoisotopic (exact) mass is 303 g/mol. The van der Waals surface area contributed by atoms with E-state index in [1.807, 2.05) is 31.3 Å².